The zero-order valence-electron chi connectivity index (χ0n) is 30.0. The van der Waals surface area contributed by atoms with E-state index in [1.165, 1.54) is 28.8 Å². The number of aliphatic hydroxyl groups is 1. The summed E-state index contributed by atoms with van der Waals surface area (Å²) in [4.78, 5) is 26.1. The Morgan fingerprint density at radius 1 is 1.05 bits per heavy atom. The van der Waals surface area contributed by atoms with Crippen molar-refractivity contribution >= 4 is 23.0 Å². The lowest BCUT2D eigenvalue weighted by atomic mass is 9.85. The van der Waals surface area contributed by atoms with Gasteiger partial charge in [0.15, 0.2) is 17.1 Å². The van der Waals surface area contributed by atoms with Crippen LogP contribution >= 0.6 is 0 Å². The minimum Gasteiger partial charge on any atom is -0.480 e. The Bertz CT molecular complexity index is 1970. The van der Waals surface area contributed by atoms with Crippen LogP contribution < -0.4 is 10.1 Å². The van der Waals surface area contributed by atoms with E-state index < -0.39 is 88.9 Å². The van der Waals surface area contributed by atoms with Crippen molar-refractivity contribution in [2.24, 2.45) is 0 Å². The molecule has 37 heavy (non-hydrogen) atoms. The second-order valence-corrected chi connectivity index (χ2v) is 7.66. The zero-order valence-corrected chi connectivity index (χ0v) is 20.0. The van der Waals surface area contributed by atoms with E-state index in [0.717, 1.165) is 0 Å². The Balaban J connectivity index is 1.88. The number of aromatic nitrogens is 6. The summed E-state index contributed by atoms with van der Waals surface area (Å²) in [6, 6.07) is -7.20. The molecule has 0 saturated heterocycles. The van der Waals surface area contributed by atoms with E-state index in [0.29, 0.717) is 6.54 Å². The fraction of sp³-hybridized carbons (Fsp3) is 0.222. The topological polar surface area (TPSA) is 120 Å². The Kier molecular flexibility index (Phi) is 3.95. The lowest BCUT2D eigenvalue weighted by Crippen LogP contribution is -2.32. The number of aryl methyl sites for hydroxylation is 2. The maximum atomic E-state index is 13.4. The Morgan fingerprint density at radius 3 is 2.24 bits per heavy atom. The molecule has 0 aliphatic heterocycles. The molecule has 3 heterocycles. The number of hydrogen-bond acceptors (Lipinski definition) is 7. The number of benzene rings is 2. The molecule has 0 radical (unpaired) electrons. The van der Waals surface area contributed by atoms with Gasteiger partial charge < -0.3 is 14.4 Å². The highest BCUT2D eigenvalue weighted by molar-refractivity contribution is 6.06. The smallest absolute Gasteiger partial charge is 0.263 e. The molecule has 0 bridgehead atoms. The molecular formula is C27H27N7O3. The van der Waals surface area contributed by atoms with Gasteiger partial charge in [-0.25, -0.2) is 9.97 Å². The van der Waals surface area contributed by atoms with Crippen molar-refractivity contribution in [2.45, 2.75) is 32.5 Å². The third kappa shape index (κ3) is 4.21. The molecule has 0 aliphatic rings. The highest BCUT2D eigenvalue weighted by Crippen LogP contribution is 2.38. The zero-order chi connectivity index (χ0) is 34.7. The molecule has 0 fully saturated rings. The van der Waals surface area contributed by atoms with Gasteiger partial charge in [0.1, 0.15) is 11.9 Å². The molecule has 0 aliphatic carbocycles. The monoisotopic (exact) mass is 507 g/mol. The summed E-state index contributed by atoms with van der Waals surface area (Å²) < 4.78 is 92.2. The quantitative estimate of drug-likeness (QED) is 0.329. The minimum absolute atomic E-state index is 0.000405. The molecule has 0 unspecified atom stereocenters. The number of fused-ring (bicyclic) bond motifs is 1. The number of imidazole rings is 1. The van der Waals surface area contributed by atoms with Crippen LogP contribution in [0.1, 0.15) is 54.9 Å². The van der Waals surface area contributed by atoms with Crippen molar-refractivity contribution in [2.75, 3.05) is 12.4 Å². The average molecular weight is 508 g/mol. The van der Waals surface area contributed by atoms with Crippen LogP contribution in [-0.4, -0.2) is 47.4 Å². The van der Waals surface area contributed by atoms with Gasteiger partial charge >= 0.3 is 0 Å². The highest BCUT2D eigenvalue weighted by atomic mass is 16.5. The first-order valence-corrected chi connectivity index (χ1v) is 11.2. The molecule has 0 saturated carbocycles. The number of carbonyl (C=O) groups is 1. The van der Waals surface area contributed by atoms with Crippen molar-refractivity contribution in [3.05, 3.63) is 95.3 Å². The Morgan fingerprint density at radius 2 is 1.70 bits per heavy atom. The van der Waals surface area contributed by atoms with Gasteiger partial charge in [-0.05, 0) is 31.0 Å². The maximum Gasteiger partial charge on any atom is 0.263 e. The standard InChI is InChI=1S/C27H27N7O3/c1-4-33-17-28-26(32-33)31-23(35)20-16-21-22(29-24(20)37-3)30-25(34(21)5-2)27(36,18-12-8-6-9-13-18)19-14-10-7-11-15-19/h6-17,36H,4-5H2,1-3H3,(H,31,32,35)/i6D,7D,8D,9D,10D,11D,12D,13D,14D,15D. The number of methoxy groups -OCH3 is 1. The lowest BCUT2D eigenvalue weighted by Gasteiger charge is -2.29. The number of anilines is 1. The normalized spacial score (nSPS) is 15.4. The molecule has 0 atom stereocenters. The van der Waals surface area contributed by atoms with Gasteiger partial charge in [0.2, 0.25) is 11.8 Å². The van der Waals surface area contributed by atoms with Gasteiger partial charge in [0.25, 0.3) is 5.91 Å². The van der Waals surface area contributed by atoms with Crippen LogP contribution in [0.3, 0.4) is 0 Å². The van der Waals surface area contributed by atoms with E-state index >= 15 is 0 Å². The van der Waals surface area contributed by atoms with E-state index in [1.54, 1.807) is 6.92 Å². The van der Waals surface area contributed by atoms with Crippen molar-refractivity contribution in [1.29, 1.82) is 0 Å². The third-order valence-electron chi connectivity index (χ3n) is 5.59. The number of amides is 1. The van der Waals surface area contributed by atoms with Crippen LogP contribution in [0.25, 0.3) is 11.2 Å². The van der Waals surface area contributed by atoms with Crippen LogP contribution in [0, 0.1) is 0 Å². The van der Waals surface area contributed by atoms with Crippen molar-refractivity contribution in [3.63, 3.8) is 0 Å². The molecule has 2 aromatic carbocycles. The summed E-state index contributed by atoms with van der Waals surface area (Å²) in [5.74, 6) is -1.42. The predicted molar refractivity (Wildman–Crippen MR) is 138 cm³/mol. The maximum absolute atomic E-state index is 13.4. The molecule has 10 nitrogen and oxygen atoms in total. The lowest BCUT2D eigenvalue weighted by molar-refractivity contribution is 0.102. The van der Waals surface area contributed by atoms with Crippen LogP contribution in [0.15, 0.2) is 72.8 Å². The van der Waals surface area contributed by atoms with E-state index in [-0.39, 0.29) is 35.1 Å². The van der Waals surface area contributed by atoms with Crippen molar-refractivity contribution < 1.29 is 28.3 Å². The first-order valence-electron chi connectivity index (χ1n) is 16.2. The van der Waals surface area contributed by atoms with E-state index in [4.69, 9.17) is 18.4 Å². The van der Waals surface area contributed by atoms with Crippen molar-refractivity contribution in [3.8, 4) is 5.88 Å². The molecule has 1 amide bonds. The summed E-state index contributed by atoms with van der Waals surface area (Å²) in [5.41, 5.74) is -4.82. The van der Waals surface area contributed by atoms with Gasteiger partial charge in [-0.1, -0.05) is 60.4 Å². The fourth-order valence-electron chi connectivity index (χ4n) is 3.83. The van der Waals surface area contributed by atoms with Gasteiger partial charge in [-0.3, -0.25) is 14.8 Å². The Hall–Kier alpha value is -4.57. The van der Waals surface area contributed by atoms with Crippen LogP contribution in [-0.2, 0) is 18.7 Å². The van der Waals surface area contributed by atoms with Crippen molar-refractivity contribution in [1.82, 2.24) is 29.3 Å². The number of ether oxygens (including phenoxy) is 1. The number of nitrogens with zero attached hydrogens (tertiary/aromatic N) is 6. The first-order chi connectivity index (χ1) is 22.1. The number of rotatable bonds is 8. The first kappa shape index (κ1) is 14.9. The molecule has 2 N–H and O–H groups in total. The Labute approximate surface area is 227 Å². The summed E-state index contributed by atoms with van der Waals surface area (Å²) in [5, 5.41) is 19.5. The van der Waals surface area contributed by atoms with E-state index in [9.17, 15) is 9.90 Å². The van der Waals surface area contributed by atoms with E-state index in [1.807, 2.05) is 6.92 Å². The molecule has 10 heteroatoms. The predicted octanol–water partition coefficient (Wildman–Crippen LogP) is 3.61. The third-order valence-corrected chi connectivity index (χ3v) is 5.59. The number of pyridine rings is 1. The second-order valence-electron chi connectivity index (χ2n) is 7.66. The van der Waals surface area contributed by atoms with Gasteiger partial charge in [0.05, 0.1) is 26.3 Å². The molecule has 5 aromatic rings. The second kappa shape index (κ2) is 9.82. The molecular weight excluding hydrogens is 470 g/mol. The summed E-state index contributed by atoms with van der Waals surface area (Å²) >= 11 is 0. The number of hydrogen-bond donors (Lipinski definition) is 2. The van der Waals surface area contributed by atoms with Gasteiger partial charge in [0, 0.05) is 13.1 Å². The summed E-state index contributed by atoms with van der Waals surface area (Å²) in [6.07, 6.45) is 1.42. The largest absolute Gasteiger partial charge is 0.480 e. The van der Waals surface area contributed by atoms with Crippen LogP contribution in [0.5, 0.6) is 5.88 Å². The number of carbonyl (C=O) groups excluding carboxylic acids is 1. The van der Waals surface area contributed by atoms with Crippen LogP contribution in [0.2, 0.25) is 0 Å². The van der Waals surface area contributed by atoms with Crippen LogP contribution in [0.4, 0.5) is 5.95 Å². The fourth-order valence-corrected chi connectivity index (χ4v) is 3.83. The molecule has 0 spiro atoms. The summed E-state index contributed by atoms with van der Waals surface area (Å²) in [7, 11) is 1.25. The SMILES string of the molecule is [2H]c1c([2H])c([2H])c(C(O)(c2c([2H])c([2H])c([2H])c([2H])c2[2H])c2nc3nc(OC)c(C(=O)Nc4ncn(CC)n4)cc3n2CC)c([2H])c1[2H]. The average Bonchev–Trinajstić information content (AvgIpc) is 3.67. The van der Waals surface area contributed by atoms with Gasteiger partial charge in [-0.15, -0.1) is 5.10 Å². The highest BCUT2D eigenvalue weighted by Gasteiger charge is 2.39. The van der Waals surface area contributed by atoms with E-state index in [2.05, 4.69) is 25.4 Å². The number of nitrogens with one attached hydrogen (secondary N) is 1. The molecule has 188 valence electrons. The molecule has 3 aromatic heterocycles. The minimum atomic E-state index is -3.05. The molecule has 5 rings (SSSR count). The summed E-state index contributed by atoms with van der Waals surface area (Å²) in [6.45, 7) is 3.91. The van der Waals surface area contributed by atoms with Gasteiger partial charge in [-0.2, -0.15) is 4.98 Å².